The Hall–Kier alpha value is -3.55. The van der Waals surface area contributed by atoms with E-state index in [-0.39, 0.29) is 30.4 Å². The summed E-state index contributed by atoms with van der Waals surface area (Å²) in [4.78, 5) is 41.3. The van der Waals surface area contributed by atoms with Crippen molar-refractivity contribution in [3.05, 3.63) is 53.6 Å². The number of hydrogen-bond acceptors (Lipinski definition) is 5. The van der Waals surface area contributed by atoms with Gasteiger partial charge in [-0.05, 0) is 49.1 Å². The summed E-state index contributed by atoms with van der Waals surface area (Å²) >= 11 is 0. The van der Waals surface area contributed by atoms with E-state index in [0.29, 0.717) is 61.6 Å². The summed E-state index contributed by atoms with van der Waals surface area (Å²) in [5.41, 5.74) is 2.27. The third-order valence-electron chi connectivity index (χ3n) is 6.51. The number of carbonyl (C=O) groups excluding carboxylic acids is 3. The number of hydrogen-bond donors (Lipinski definition) is 1. The quantitative estimate of drug-likeness (QED) is 0.758. The van der Waals surface area contributed by atoms with Gasteiger partial charge in [0.15, 0.2) is 11.5 Å². The van der Waals surface area contributed by atoms with E-state index in [1.807, 2.05) is 34.1 Å². The van der Waals surface area contributed by atoms with Gasteiger partial charge in [-0.3, -0.25) is 14.4 Å². The Labute approximate surface area is 192 Å². The molecule has 0 aliphatic carbocycles. The zero-order valence-electron chi connectivity index (χ0n) is 18.4. The number of likely N-dealkylation sites (tertiary alicyclic amines) is 2. The molecule has 2 aromatic carbocycles. The highest BCUT2D eigenvalue weighted by Crippen LogP contribution is 2.34. The minimum absolute atomic E-state index is 0.0285. The van der Waals surface area contributed by atoms with Gasteiger partial charge in [-0.2, -0.15) is 0 Å². The normalized spacial score (nSPS) is 18.0. The highest BCUT2D eigenvalue weighted by Gasteiger charge is 2.28. The lowest BCUT2D eigenvalue weighted by molar-refractivity contribution is -0.128. The van der Waals surface area contributed by atoms with E-state index >= 15 is 0 Å². The summed E-state index contributed by atoms with van der Waals surface area (Å²) < 4.78 is 10.7. The van der Waals surface area contributed by atoms with E-state index in [2.05, 4.69) is 5.32 Å². The second-order valence-electron chi connectivity index (χ2n) is 8.74. The predicted molar refractivity (Wildman–Crippen MR) is 121 cm³/mol. The molecule has 8 heteroatoms. The van der Waals surface area contributed by atoms with Crippen molar-refractivity contribution in [1.29, 1.82) is 0 Å². The molecule has 0 saturated carbocycles. The van der Waals surface area contributed by atoms with Crippen LogP contribution in [-0.2, 0) is 16.1 Å². The second-order valence-corrected chi connectivity index (χ2v) is 8.74. The lowest BCUT2D eigenvalue weighted by Crippen LogP contribution is -2.41. The largest absolute Gasteiger partial charge is 0.454 e. The molecule has 0 spiro atoms. The molecule has 2 fully saturated rings. The highest BCUT2D eigenvalue weighted by atomic mass is 16.7. The van der Waals surface area contributed by atoms with E-state index in [1.165, 1.54) is 0 Å². The minimum Gasteiger partial charge on any atom is -0.454 e. The summed E-state index contributed by atoms with van der Waals surface area (Å²) in [6, 6.07) is 12.9. The first kappa shape index (κ1) is 21.3. The number of piperidine rings is 1. The van der Waals surface area contributed by atoms with Crippen LogP contribution in [0.15, 0.2) is 42.5 Å². The first-order valence-electron chi connectivity index (χ1n) is 11.4. The topological polar surface area (TPSA) is 88.2 Å². The molecule has 0 unspecified atom stereocenters. The summed E-state index contributed by atoms with van der Waals surface area (Å²) in [5.74, 6) is 1.26. The standard InChI is InChI=1S/C25H27N3O5/c29-23-5-2-10-28(23)15-17-3-1-4-19(13-17)25(31)27-11-8-18(9-12-27)24(30)26-20-6-7-21-22(14-20)33-16-32-21/h1,3-4,6-7,13-14,18H,2,5,8-12,15-16H2,(H,26,30). The van der Waals surface area contributed by atoms with Crippen LogP contribution in [0.4, 0.5) is 5.69 Å². The fourth-order valence-corrected chi connectivity index (χ4v) is 4.64. The maximum absolute atomic E-state index is 13.0. The van der Waals surface area contributed by atoms with Crippen molar-refractivity contribution in [3.63, 3.8) is 0 Å². The Morgan fingerprint density at radius 1 is 1.00 bits per heavy atom. The van der Waals surface area contributed by atoms with E-state index in [0.717, 1.165) is 18.5 Å². The molecule has 0 atom stereocenters. The molecule has 3 aliphatic heterocycles. The van der Waals surface area contributed by atoms with Crippen molar-refractivity contribution in [1.82, 2.24) is 9.80 Å². The van der Waals surface area contributed by atoms with Crippen LogP contribution < -0.4 is 14.8 Å². The Morgan fingerprint density at radius 2 is 1.82 bits per heavy atom. The monoisotopic (exact) mass is 449 g/mol. The Bertz CT molecular complexity index is 1080. The molecule has 0 aromatic heterocycles. The van der Waals surface area contributed by atoms with Gasteiger partial charge in [-0.15, -0.1) is 0 Å². The van der Waals surface area contributed by atoms with Crippen LogP contribution in [0.1, 0.15) is 41.6 Å². The molecule has 3 heterocycles. The van der Waals surface area contributed by atoms with Gasteiger partial charge in [0.2, 0.25) is 18.6 Å². The van der Waals surface area contributed by atoms with Crippen LogP contribution in [0.5, 0.6) is 11.5 Å². The molecular weight excluding hydrogens is 422 g/mol. The molecule has 0 radical (unpaired) electrons. The highest BCUT2D eigenvalue weighted by molar-refractivity contribution is 5.95. The molecule has 2 saturated heterocycles. The van der Waals surface area contributed by atoms with E-state index in [1.54, 1.807) is 18.2 Å². The SMILES string of the molecule is O=C(Nc1ccc2c(c1)OCO2)C1CCN(C(=O)c2cccc(CN3CCCC3=O)c2)CC1. The summed E-state index contributed by atoms with van der Waals surface area (Å²) in [6.07, 6.45) is 2.73. The Kier molecular flexibility index (Phi) is 5.90. The smallest absolute Gasteiger partial charge is 0.253 e. The van der Waals surface area contributed by atoms with Crippen LogP contribution in [0, 0.1) is 5.92 Å². The maximum Gasteiger partial charge on any atom is 0.253 e. The first-order chi connectivity index (χ1) is 16.1. The van der Waals surface area contributed by atoms with Gasteiger partial charge in [0, 0.05) is 55.8 Å². The zero-order chi connectivity index (χ0) is 22.8. The zero-order valence-corrected chi connectivity index (χ0v) is 18.4. The van der Waals surface area contributed by atoms with E-state index < -0.39 is 0 Å². The average Bonchev–Trinajstić information content (AvgIpc) is 3.47. The maximum atomic E-state index is 13.0. The molecule has 3 amide bonds. The number of nitrogens with one attached hydrogen (secondary N) is 1. The molecular formula is C25H27N3O5. The molecule has 2 aromatic rings. The van der Waals surface area contributed by atoms with Gasteiger partial charge in [-0.25, -0.2) is 0 Å². The number of ether oxygens (including phenoxy) is 2. The third kappa shape index (κ3) is 4.65. The molecule has 33 heavy (non-hydrogen) atoms. The molecule has 3 aliphatic rings. The van der Waals surface area contributed by atoms with Crippen molar-refractivity contribution < 1.29 is 23.9 Å². The van der Waals surface area contributed by atoms with Gasteiger partial charge in [0.05, 0.1) is 0 Å². The fraction of sp³-hybridized carbons (Fsp3) is 0.400. The lowest BCUT2D eigenvalue weighted by atomic mass is 9.95. The summed E-state index contributed by atoms with van der Waals surface area (Å²) in [6.45, 7) is 2.58. The Morgan fingerprint density at radius 3 is 2.61 bits per heavy atom. The third-order valence-corrected chi connectivity index (χ3v) is 6.51. The van der Waals surface area contributed by atoms with Gasteiger partial charge in [0.1, 0.15) is 0 Å². The van der Waals surface area contributed by atoms with Crippen LogP contribution in [0.3, 0.4) is 0 Å². The van der Waals surface area contributed by atoms with Crippen LogP contribution in [-0.4, -0.2) is 53.9 Å². The minimum atomic E-state index is -0.146. The number of fused-ring (bicyclic) bond motifs is 1. The van der Waals surface area contributed by atoms with Crippen molar-refractivity contribution in [3.8, 4) is 11.5 Å². The molecule has 1 N–H and O–H groups in total. The van der Waals surface area contributed by atoms with Crippen molar-refractivity contribution >= 4 is 23.4 Å². The molecule has 5 rings (SSSR count). The number of amides is 3. The van der Waals surface area contributed by atoms with Gasteiger partial charge in [0.25, 0.3) is 5.91 Å². The van der Waals surface area contributed by atoms with Gasteiger partial charge >= 0.3 is 0 Å². The van der Waals surface area contributed by atoms with Crippen molar-refractivity contribution in [2.75, 3.05) is 31.7 Å². The number of benzene rings is 2. The number of nitrogens with zero attached hydrogens (tertiary/aromatic N) is 2. The first-order valence-corrected chi connectivity index (χ1v) is 11.4. The van der Waals surface area contributed by atoms with Gasteiger partial charge in [-0.1, -0.05) is 12.1 Å². The van der Waals surface area contributed by atoms with Crippen LogP contribution >= 0.6 is 0 Å². The second kappa shape index (κ2) is 9.13. The number of carbonyl (C=O) groups is 3. The van der Waals surface area contributed by atoms with Crippen LogP contribution in [0.25, 0.3) is 0 Å². The van der Waals surface area contributed by atoms with E-state index in [9.17, 15) is 14.4 Å². The van der Waals surface area contributed by atoms with Crippen molar-refractivity contribution in [2.24, 2.45) is 5.92 Å². The van der Waals surface area contributed by atoms with Gasteiger partial charge < -0.3 is 24.6 Å². The predicted octanol–water partition coefficient (Wildman–Crippen LogP) is 3.03. The molecule has 8 nitrogen and oxygen atoms in total. The van der Waals surface area contributed by atoms with E-state index in [4.69, 9.17) is 9.47 Å². The summed E-state index contributed by atoms with van der Waals surface area (Å²) in [7, 11) is 0. The average molecular weight is 450 g/mol. The lowest BCUT2D eigenvalue weighted by Gasteiger charge is -2.31. The fourth-order valence-electron chi connectivity index (χ4n) is 4.64. The number of rotatable bonds is 5. The van der Waals surface area contributed by atoms with Crippen LogP contribution in [0.2, 0.25) is 0 Å². The Balaban J connectivity index is 1.15. The summed E-state index contributed by atoms with van der Waals surface area (Å²) in [5, 5.41) is 2.95. The molecule has 172 valence electrons. The number of anilines is 1. The van der Waals surface area contributed by atoms with Crippen molar-refractivity contribution in [2.45, 2.75) is 32.2 Å². The molecule has 0 bridgehead atoms.